The second-order valence-electron chi connectivity index (χ2n) is 9.20. The number of hydrogen-bond acceptors (Lipinski definition) is 11. The summed E-state index contributed by atoms with van der Waals surface area (Å²) in [5.74, 6) is -1.51. The number of anilines is 1. The lowest BCUT2D eigenvalue weighted by molar-refractivity contribution is -0.197. The van der Waals surface area contributed by atoms with E-state index in [1.165, 1.54) is 0 Å². The van der Waals surface area contributed by atoms with Gasteiger partial charge in [0.25, 0.3) is 11.8 Å². The second kappa shape index (κ2) is 15.7. The van der Waals surface area contributed by atoms with Crippen molar-refractivity contribution in [3.63, 3.8) is 0 Å². The van der Waals surface area contributed by atoms with Crippen LogP contribution in [0.5, 0.6) is 6.01 Å². The van der Waals surface area contributed by atoms with Gasteiger partial charge in [-0.3, -0.25) is 19.0 Å². The van der Waals surface area contributed by atoms with Gasteiger partial charge in [0, 0.05) is 39.2 Å². The van der Waals surface area contributed by atoms with Gasteiger partial charge in [0.15, 0.2) is 16.2 Å². The quantitative estimate of drug-likeness (QED) is 0.158. The first-order valence-electron chi connectivity index (χ1n) is 13.8. The first-order chi connectivity index (χ1) is 20.2. The van der Waals surface area contributed by atoms with Crippen LogP contribution in [0.2, 0.25) is 0 Å². The lowest BCUT2D eigenvalue weighted by Crippen LogP contribution is -2.32. The largest absolute Gasteiger partial charge is 0.461 e. The van der Waals surface area contributed by atoms with E-state index in [-0.39, 0.29) is 56.3 Å². The summed E-state index contributed by atoms with van der Waals surface area (Å²) < 4.78 is 12.8. The third kappa shape index (κ3) is 8.66. The van der Waals surface area contributed by atoms with E-state index in [2.05, 4.69) is 15.0 Å². The molecule has 2 aromatic heterocycles. The number of ketones is 1. The number of nitrogens with one attached hydrogen (secondary N) is 1. The Kier molecular flexibility index (Phi) is 12.1. The standard InChI is InChI=1S/C26H30N6O7S.C2H6/c1-37-13-14-38-25-29-23(27)22-24(30-25)31(26(40)28-22)15-17-7-5-16(6-8-17)9-10-18(33)3-2-4-21(36)39-32-19(34)11-12-20(32)35;1-2/h5-8H,2-4,9-15H2,1H3,(H,28,40)(H2,27,29,30);1-2H3. The number of methoxy groups -OCH3 is 1. The van der Waals surface area contributed by atoms with Crippen LogP contribution in [0, 0.1) is 4.77 Å². The summed E-state index contributed by atoms with van der Waals surface area (Å²) in [6.07, 6.45) is 1.40. The Morgan fingerprint density at radius 3 is 2.33 bits per heavy atom. The van der Waals surface area contributed by atoms with Crippen LogP contribution in [-0.4, -0.2) is 68.5 Å². The fourth-order valence-electron chi connectivity index (χ4n) is 4.10. The van der Waals surface area contributed by atoms with Crippen LogP contribution in [0.15, 0.2) is 24.3 Å². The maximum absolute atomic E-state index is 12.3. The van der Waals surface area contributed by atoms with Gasteiger partial charge in [-0.05, 0) is 36.2 Å². The molecule has 3 aromatic rings. The first-order valence-corrected chi connectivity index (χ1v) is 14.2. The zero-order valence-corrected chi connectivity index (χ0v) is 24.8. The number of aromatic nitrogens is 4. The lowest BCUT2D eigenvalue weighted by Gasteiger charge is -2.12. The second-order valence-corrected chi connectivity index (χ2v) is 9.59. The van der Waals surface area contributed by atoms with Crippen molar-refractivity contribution in [1.29, 1.82) is 0 Å². The monoisotopic (exact) mass is 600 g/mol. The minimum Gasteiger partial charge on any atom is -0.461 e. The number of hydroxylamine groups is 2. The van der Waals surface area contributed by atoms with Crippen molar-refractivity contribution in [2.24, 2.45) is 0 Å². The number of imide groups is 1. The number of carbonyl (C=O) groups excluding carboxylic acids is 4. The molecule has 13 nitrogen and oxygen atoms in total. The van der Waals surface area contributed by atoms with Crippen molar-refractivity contribution < 1.29 is 33.5 Å². The van der Waals surface area contributed by atoms with Crippen LogP contribution in [0.25, 0.3) is 11.2 Å². The molecule has 0 saturated carbocycles. The Morgan fingerprint density at radius 1 is 1.00 bits per heavy atom. The number of aromatic amines is 1. The lowest BCUT2D eigenvalue weighted by atomic mass is 10.0. The number of Topliss-reactive ketones (excluding diaryl/α,β-unsaturated/α-hetero) is 1. The Labute approximate surface area is 248 Å². The van der Waals surface area contributed by atoms with E-state index in [1.54, 1.807) is 7.11 Å². The van der Waals surface area contributed by atoms with E-state index in [4.69, 9.17) is 32.3 Å². The van der Waals surface area contributed by atoms with E-state index < -0.39 is 17.8 Å². The fraction of sp³-hybridized carbons (Fsp3) is 0.464. The van der Waals surface area contributed by atoms with Crippen molar-refractivity contribution in [2.75, 3.05) is 26.1 Å². The number of benzene rings is 1. The molecule has 1 aliphatic heterocycles. The number of hydrogen-bond donors (Lipinski definition) is 2. The molecule has 1 saturated heterocycles. The zero-order valence-electron chi connectivity index (χ0n) is 24.0. The third-order valence-electron chi connectivity index (χ3n) is 6.24. The Bertz CT molecular complexity index is 1450. The van der Waals surface area contributed by atoms with Gasteiger partial charge in [-0.2, -0.15) is 9.97 Å². The number of imidazole rings is 1. The number of fused-ring (bicyclic) bond motifs is 1. The molecule has 1 fully saturated rings. The van der Waals surface area contributed by atoms with Crippen LogP contribution in [0.4, 0.5) is 5.82 Å². The van der Waals surface area contributed by atoms with Crippen LogP contribution < -0.4 is 10.5 Å². The average Bonchev–Trinajstić information content (AvgIpc) is 3.47. The van der Waals surface area contributed by atoms with Gasteiger partial charge in [0.2, 0.25) is 0 Å². The van der Waals surface area contributed by atoms with Crippen LogP contribution in [0.1, 0.15) is 63.5 Å². The van der Waals surface area contributed by atoms with Crippen LogP contribution >= 0.6 is 12.2 Å². The number of aryl methyl sites for hydroxylation is 1. The van der Waals surface area contributed by atoms with Crippen molar-refractivity contribution >= 4 is 52.8 Å². The molecule has 4 rings (SSSR count). The number of nitrogen functional groups attached to an aromatic ring is 1. The van der Waals surface area contributed by atoms with Gasteiger partial charge >= 0.3 is 12.0 Å². The highest BCUT2D eigenvalue weighted by atomic mass is 32.1. The van der Waals surface area contributed by atoms with E-state index in [0.717, 1.165) is 11.1 Å². The molecule has 42 heavy (non-hydrogen) atoms. The molecule has 3 heterocycles. The summed E-state index contributed by atoms with van der Waals surface area (Å²) in [6.45, 7) is 5.11. The molecule has 0 spiro atoms. The Hall–Kier alpha value is -4.17. The summed E-state index contributed by atoms with van der Waals surface area (Å²) in [5, 5.41) is 0.514. The molecule has 0 bridgehead atoms. The van der Waals surface area contributed by atoms with Crippen LogP contribution in [0.3, 0.4) is 0 Å². The number of nitrogens with two attached hydrogens (primary N) is 1. The van der Waals surface area contributed by atoms with Crippen molar-refractivity contribution in [3.8, 4) is 6.01 Å². The Balaban J connectivity index is 0.00000237. The predicted octanol–water partition coefficient (Wildman–Crippen LogP) is 3.45. The number of H-pyrrole nitrogens is 1. The first kappa shape index (κ1) is 32.3. The SMILES string of the molecule is CC.COCCOc1nc(N)c2[nH]c(=S)n(Cc3ccc(CCC(=O)CCCC(=O)ON4C(=O)CCC4=O)cc3)c2n1. The fourth-order valence-corrected chi connectivity index (χ4v) is 4.35. The molecule has 0 unspecified atom stereocenters. The highest BCUT2D eigenvalue weighted by molar-refractivity contribution is 7.71. The summed E-state index contributed by atoms with van der Waals surface area (Å²) in [6, 6.07) is 7.95. The van der Waals surface area contributed by atoms with E-state index in [0.29, 0.717) is 47.0 Å². The summed E-state index contributed by atoms with van der Waals surface area (Å²) in [7, 11) is 1.57. The van der Waals surface area contributed by atoms with Crippen molar-refractivity contribution in [1.82, 2.24) is 24.6 Å². The minimum absolute atomic E-state index is 0.0103. The Morgan fingerprint density at radius 2 is 1.67 bits per heavy atom. The van der Waals surface area contributed by atoms with Gasteiger partial charge in [-0.25, -0.2) is 4.79 Å². The molecule has 14 heteroatoms. The summed E-state index contributed by atoms with van der Waals surface area (Å²) >= 11 is 5.48. The number of nitrogens with zero attached hydrogens (tertiary/aromatic N) is 4. The van der Waals surface area contributed by atoms with Gasteiger partial charge in [-0.15, -0.1) is 5.06 Å². The third-order valence-corrected chi connectivity index (χ3v) is 6.56. The predicted molar refractivity (Wildman–Crippen MR) is 156 cm³/mol. The molecule has 3 N–H and O–H groups in total. The van der Waals surface area contributed by atoms with Crippen molar-refractivity contribution in [3.05, 3.63) is 40.2 Å². The van der Waals surface area contributed by atoms with Gasteiger partial charge < -0.3 is 25.0 Å². The molecule has 226 valence electrons. The van der Waals surface area contributed by atoms with Crippen molar-refractivity contribution in [2.45, 2.75) is 65.3 Å². The summed E-state index contributed by atoms with van der Waals surface area (Å²) in [4.78, 5) is 63.6. The molecule has 1 aliphatic rings. The molecule has 0 aliphatic carbocycles. The smallest absolute Gasteiger partial charge is 0.333 e. The molecule has 0 radical (unpaired) electrons. The number of carbonyl (C=O) groups is 4. The molecular weight excluding hydrogens is 564 g/mol. The normalized spacial score (nSPS) is 12.8. The van der Waals surface area contributed by atoms with Crippen LogP contribution in [-0.2, 0) is 41.7 Å². The molecule has 2 amide bonds. The highest BCUT2D eigenvalue weighted by Gasteiger charge is 2.32. The molecular formula is C28H36N6O7S. The maximum Gasteiger partial charge on any atom is 0.333 e. The maximum atomic E-state index is 12.3. The van der Waals surface area contributed by atoms with Gasteiger partial charge in [0.1, 0.15) is 17.9 Å². The molecule has 0 atom stereocenters. The van der Waals surface area contributed by atoms with Gasteiger partial charge in [-0.1, -0.05) is 38.1 Å². The number of rotatable bonds is 14. The highest BCUT2D eigenvalue weighted by Crippen LogP contribution is 2.22. The topological polar surface area (TPSA) is 172 Å². The average molecular weight is 601 g/mol. The molecule has 1 aromatic carbocycles. The minimum atomic E-state index is -0.703. The zero-order chi connectivity index (χ0) is 30.6. The van der Waals surface area contributed by atoms with Gasteiger partial charge in [0.05, 0.1) is 13.2 Å². The summed E-state index contributed by atoms with van der Waals surface area (Å²) in [5.41, 5.74) is 9.10. The van der Waals surface area contributed by atoms with E-state index >= 15 is 0 Å². The van der Waals surface area contributed by atoms with E-state index in [1.807, 2.05) is 42.7 Å². The van der Waals surface area contributed by atoms with E-state index in [9.17, 15) is 19.2 Å². The number of ether oxygens (including phenoxy) is 2. The number of amides is 2.